The van der Waals surface area contributed by atoms with E-state index in [4.69, 9.17) is 41.2 Å². The van der Waals surface area contributed by atoms with Gasteiger partial charge >= 0.3 is 0 Å². The Labute approximate surface area is 130 Å². The molecule has 0 radical (unpaired) electrons. The van der Waals surface area contributed by atoms with Crippen molar-refractivity contribution in [2.24, 2.45) is 5.73 Å². The number of H-pyrrole nitrogens is 1. The van der Waals surface area contributed by atoms with E-state index >= 15 is 0 Å². The van der Waals surface area contributed by atoms with Crippen molar-refractivity contribution in [3.05, 3.63) is 40.0 Å². The minimum absolute atomic E-state index is 0.0144. The number of nitrogens with zero attached hydrogens (tertiary/aromatic N) is 1. The van der Waals surface area contributed by atoms with E-state index in [0.29, 0.717) is 0 Å². The molecule has 1 heterocycles. The van der Waals surface area contributed by atoms with Crippen molar-refractivity contribution < 1.29 is 8.42 Å². The van der Waals surface area contributed by atoms with Crippen LogP contribution in [0.15, 0.2) is 29.3 Å². The number of nitrogens with two attached hydrogens (primary N) is 1. The van der Waals surface area contributed by atoms with Crippen LogP contribution in [-0.2, 0) is 10.0 Å². The molecule has 1 aromatic carbocycles. The lowest BCUT2D eigenvalue weighted by Crippen LogP contribution is -2.17. The first-order chi connectivity index (χ1) is 9.29. The fourth-order valence-electron chi connectivity index (χ4n) is 1.43. The number of aromatic nitrogens is 2. The zero-order chi connectivity index (χ0) is 14.9. The fraction of sp³-hybridized carbons (Fsp3) is 0. The highest BCUT2D eigenvalue weighted by atomic mass is 35.5. The van der Waals surface area contributed by atoms with Gasteiger partial charge in [0.15, 0.2) is 0 Å². The van der Waals surface area contributed by atoms with E-state index in [2.05, 4.69) is 14.9 Å². The summed E-state index contributed by atoms with van der Waals surface area (Å²) in [6.07, 6.45) is 1.32. The number of rotatable bonds is 4. The lowest BCUT2D eigenvalue weighted by molar-refractivity contribution is 0.601. The second-order valence-corrected chi connectivity index (χ2v) is 6.73. The standard InChI is InChI=1S/C10H8Cl2N4O2S2/c11-5-1-6(12)3-7(2-5)20(17,18)16-10-8(9(13)19)4-14-15-10/h1-4H,(H2,13,19)(H2,14,15,16). The Morgan fingerprint density at radius 3 is 2.45 bits per heavy atom. The predicted octanol–water partition coefficient (Wildman–Crippen LogP) is 2.15. The molecule has 6 nitrogen and oxygen atoms in total. The minimum Gasteiger partial charge on any atom is -0.389 e. The Kier molecular flexibility index (Phi) is 4.19. The number of nitrogens with one attached hydrogen (secondary N) is 2. The molecule has 10 heteroatoms. The van der Waals surface area contributed by atoms with Gasteiger partial charge in [0, 0.05) is 10.0 Å². The molecule has 0 aliphatic carbocycles. The third kappa shape index (κ3) is 3.21. The summed E-state index contributed by atoms with van der Waals surface area (Å²) in [5, 5.41) is 6.56. The van der Waals surface area contributed by atoms with E-state index in [1.54, 1.807) is 0 Å². The van der Waals surface area contributed by atoms with Gasteiger partial charge in [-0.2, -0.15) is 5.10 Å². The molecular formula is C10H8Cl2N4O2S2. The maximum Gasteiger partial charge on any atom is 0.263 e. The lowest BCUT2D eigenvalue weighted by atomic mass is 10.3. The van der Waals surface area contributed by atoms with Crippen LogP contribution in [0.25, 0.3) is 0 Å². The molecule has 0 aliphatic heterocycles. The normalized spacial score (nSPS) is 11.3. The zero-order valence-corrected chi connectivity index (χ0v) is 12.9. The Hall–Kier alpha value is -1.35. The molecule has 106 valence electrons. The smallest absolute Gasteiger partial charge is 0.263 e. The van der Waals surface area contributed by atoms with E-state index in [1.165, 1.54) is 24.4 Å². The third-order valence-corrected chi connectivity index (χ3v) is 4.27. The number of hydrogen-bond donors (Lipinski definition) is 3. The van der Waals surface area contributed by atoms with Gasteiger partial charge in [0.1, 0.15) is 10.8 Å². The van der Waals surface area contributed by atoms with Crippen LogP contribution in [0.5, 0.6) is 0 Å². The van der Waals surface area contributed by atoms with Crippen LogP contribution in [0, 0.1) is 0 Å². The molecule has 0 spiro atoms. The number of thiocarbonyl (C=S) groups is 1. The zero-order valence-electron chi connectivity index (χ0n) is 9.72. The summed E-state index contributed by atoms with van der Waals surface area (Å²) < 4.78 is 26.7. The highest BCUT2D eigenvalue weighted by molar-refractivity contribution is 7.92. The quantitative estimate of drug-likeness (QED) is 0.733. The molecule has 0 bridgehead atoms. The molecule has 0 aliphatic rings. The highest BCUT2D eigenvalue weighted by Crippen LogP contribution is 2.24. The van der Waals surface area contributed by atoms with Crippen LogP contribution < -0.4 is 10.5 Å². The number of anilines is 1. The van der Waals surface area contributed by atoms with Crippen molar-refractivity contribution in [3.8, 4) is 0 Å². The van der Waals surface area contributed by atoms with Gasteiger partial charge < -0.3 is 5.73 Å². The molecule has 0 atom stereocenters. The molecule has 0 saturated heterocycles. The summed E-state index contributed by atoms with van der Waals surface area (Å²) in [6, 6.07) is 3.97. The third-order valence-electron chi connectivity index (χ3n) is 2.29. The van der Waals surface area contributed by atoms with E-state index in [-0.39, 0.29) is 31.3 Å². The number of sulfonamides is 1. The summed E-state index contributed by atoms with van der Waals surface area (Å²) in [6.45, 7) is 0. The predicted molar refractivity (Wildman–Crippen MR) is 81.7 cm³/mol. The summed E-state index contributed by atoms with van der Waals surface area (Å²) in [7, 11) is -3.89. The molecule has 0 fully saturated rings. The van der Waals surface area contributed by atoms with Crippen molar-refractivity contribution in [1.82, 2.24) is 10.2 Å². The molecule has 1 aromatic heterocycles. The Morgan fingerprint density at radius 2 is 1.90 bits per heavy atom. The monoisotopic (exact) mass is 350 g/mol. The number of benzene rings is 1. The second-order valence-electron chi connectivity index (χ2n) is 3.73. The van der Waals surface area contributed by atoms with E-state index < -0.39 is 10.0 Å². The summed E-state index contributed by atoms with van der Waals surface area (Å²) in [4.78, 5) is -0.0703. The lowest BCUT2D eigenvalue weighted by Gasteiger charge is -2.08. The van der Waals surface area contributed by atoms with Gasteiger partial charge in [-0.25, -0.2) is 8.42 Å². The average molecular weight is 351 g/mol. The van der Waals surface area contributed by atoms with Gasteiger partial charge in [-0.05, 0) is 18.2 Å². The van der Waals surface area contributed by atoms with Crippen LogP contribution in [0.3, 0.4) is 0 Å². The first-order valence-electron chi connectivity index (χ1n) is 5.11. The first kappa shape index (κ1) is 15.0. The molecule has 4 N–H and O–H groups in total. The largest absolute Gasteiger partial charge is 0.389 e. The molecule has 2 rings (SSSR count). The van der Waals surface area contributed by atoms with Crippen molar-refractivity contribution in [2.75, 3.05) is 4.72 Å². The Balaban J connectivity index is 2.41. The van der Waals surface area contributed by atoms with Crippen LogP contribution in [-0.4, -0.2) is 23.6 Å². The molecule has 0 amide bonds. The van der Waals surface area contributed by atoms with Crippen LogP contribution in [0.4, 0.5) is 5.82 Å². The van der Waals surface area contributed by atoms with E-state index in [0.717, 1.165) is 0 Å². The molecule has 0 unspecified atom stereocenters. The van der Waals surface area contributed by atoms with Crippen LogP contribution in [0.1, 0.15) is 5.56 Å². The van der Waals surface area contributed by atoms with Crippen molar-refractivity contribution in [1.29, 1.82) is 0 Å². The highest BCUT2D eigenvalue weighted by Gasteiger charge is 2.19. The minimum atomic E-state index is -3.89. The van der Waals surface area contributed by atoms with Crippen molar-refractivity contribution in [2.45, 2.75) is 4.90 Å². The van der Waals surface area contributed by atoms with Crippen LogP contribution >= 0.6 is 35.4 Å². The van der Waals surface area contributed by atoms with Gasteiger partial charge in [-0.3, -0.25) is 9.82 Å². The van der Waals surface area contributed by atoms with Gasteiger partial charge in [0.25, 0.3) is 10.0 Å². The fourth-order valence-corrected chi connectivity index (χ4v) is 3.34. The SMILES string of the molecule is NC(=S)c1cn[nH]c1NS(=O)(=O)c1cc(Cl)cc(Cl)c1. The van der Waals surface area contributed by atoms with Crippen molar-refractivity contribution >= 4 is 56.2 Å². The van der Waals surface area contributed by atoms with E-state index in [1.807, 2.05) is 0 Å². The van der Waals surface area contributed by atoms with Crippen molar-refractivity contribution in [3.63, 3.8) is 0 Å². The number of halogens is 2. The van der Waals surface area contributed by atoms with E-state index in [9.17, 15) is 8.42 Å². The van der Waals surface area contributed by atoms with Gasteiger partial charge in [-0.15, -0.1) is 0 Å². The molecule has 2 aromatic rings. The molecule has 0 saturated carbocycles. The maximum absolute atomic E-state index is 12.2. The average Bonchev–Trinajstić information content (AvgIpc) is 2.75. The second kappa shape index (κ2) is 5.57. The summed E-state index contributed by atoms with van der Waals surface area (Å²) in [5.41, 5.74) is 5.75. The number of hydrogen-bond acceptors (Lipinski definition) is 4. The Morgan fingerprint density at radius 1 is 1.30 bits per heavy atom. The summed E-state index contributed by atoms with van der Waals surface area (Å²) >= 11 is 16.4. The topological polar surface area (TPSA) is 101 Å². The number of aromatic amines is 1. The van der Waals surface area contributed by atoms with Gasteiger partial charge in [0.2, 0.25) is 0 Å². The van der Waals surface area contributed by atoms with Gasteiger partial charge in [0.05, 0.1) is 16.7 Å². The van der Waals surface area contributed by atoms with Gasteiger partial charge in [-0.1, -0.05) is 35.4 Å². The maximum atomic E-state index is 12.2. The van der Waals surface area contributed by atoms with Crippen LogP contribution in [0.2, 0.25) is 10.0 Å². The Bertz CT molecular complexity index is 753. The molecule has 20 heavy (non-hydrogen) atoms. The molecular weight excluding hydrogens is 343 g/mol. The summed E-state index contributed by atoms with van der Waals surface area (Å²) in [5.74, 6) is 0.0774. The first-order valence-corrected chi connectivity index (χ1v) is 7.76.